The summed E-state index contributed by atoms with van der Waals surface area (Å²) in [7, 11) is 0. The summed E-state index contributed by atoms with van der Waals surface area (Å²) >= 11 is 0. The minimum Gasteiger partial charge on any atom is -0.456 e. The van der Waals surface area contributed by atoms with Crippen molar-refractivity contribution >= 4 is 43.7 Å². The van der Waals surface area contributed by atoms with Gasteiger partial charge in [0.2, 0.25) is 0 Å². The molecule has 2 aliphatic carbocycles. The van der Waals surface area contributed by atoms with Crippen LogP contribution in [0.25, 0.3) is 106 Å². The van der Waals surface area contributed by atoms with Crippen molar-refractivity contribution in [1.29, 1.82) is 0 Å². The Hall–Kier alpha value is -8.34. The summed E-state index contributed by atoms with van der Waals surface area (Å²) in [6.07, 6.45) is 0. The Morgan fingerprint density at radius 1 is 0.349 bits per heavy atom. The van der Waals surface area contributed by atoms with E-state index in [0.717, 1.165) is 66.7 Å². The number of aromatic nitrogens is 3. The molecule has 0 radical (unpaired) electrons. The fourth-order valence-electron chi connectivity index (χ4n) is 11.0. The minimum absolute atomic E-state index is 0.418. The molecule has 0 saturated carbocycles. The Bertz CT molecular complexity index is 3760. The third kappa shape index (κ3) is 4.75. The third-order valence-electron chi connectivity index (χ3n) is 13.6. The molecule has 4 nitrogen and oxygen atoms in total. The lowest BCUT2D eigenvalue weighted by atomic mass is 9.70. The Labute approximate surface area is 363 Å². The standard InChI is InChI=1S/C59H35N3O/c1-3-15-36(16-4-1)52-35-57(61-58(60-52)37-17-5-2-6-18-37)62-53-26-14-10-22-43(53)44-29-27-39(32-54(44)62)38-28-30-55-46(31-38)47-33-45-42-21-9-13-25-50(42)59(51(45)34-56(47)63-55)48-23-11-7-19-40(48)41-20-8-12-24-49(41)59/h1-35H. The second kappa shape index (κ2) is 12.8. The smallest absolute Gasteiger partial charge is 0.162 e. The molecule has 12 aromatic rings. The minimum atomic E-state index is -0.418. The molecule has 2 aliphatic rings. The highest BCUT2D eigenvalue weighted by Crippen LogP contribution is 2.63. The van der Waals surface area contributed by atoms with E-state index in [1.807, 2.05) is 24.3 Å². The van der Waals surface area contributed by atoms with Gasteiger partial charge in [-0.25, -0.2) is 9.97 Å². The topological polar surface area (TPSA) is 43.9 Å². The van der Waals surface area contributed by atoms with Crippen molar-refractivity contribution in [3.05, 3.63) is 235 Å². The van der Waals surface area contributed by atoms with Crippen molar-refractivity contribution in [3.63, 3.8) is 0 Å². The van der Waals surface area contributed by atoms with Crippen LogP contribution < -0.4 is 0 Å². The number of hydrogen-bond acceptors (Lipinski definition) is 3. The average Bonchev–Trinajstić information content (AvgIpc) is 4.06. The SMILES string of the molecule is c1ccc(-c2cc(-n3c4ccccc4c4ccc(-c5ccc6oc7cc8c(cc7c6c5)-c5ccccc5C85c6ccccc6-c6ccccc65)cc43)nc(-c3ccccc3)n2)cc1. The summed E-state index contributed by atoms with van der Waals surface area (Å²) in [5.74, 6) is 1.51. The van der Waals surface area contributed by atoms with Crippen LogP contribution in [0.1, 0.15) is 22.3 Å². The van der Waals surface area contributed by atoms with Crippen molar-refractivity contribution in [2.45, 2.75) is 5.41 Å². The first-order valence-corrected chi connectivity index (χ1v) is 21.6. The molecule has 0 amide bonds. The van der Waals surface area contributed by atoms with Crippen LogP contribution in [0.2, 0.25) is 0 Å². The molecule has 0 N–H and O–H groups in total. The van der Waals surface area contributed by atoms with E-state index in [9.17, 15) is 0 Å². The summed E-state index contributed by atoms with van der Waals surface area (Å²) in [4.78, 5) is 10.4. The van der Waals surface area contributed by atoms with Crippen molar-refractivity contribution in [1.82, 2.24) is 14.5 Å². The Balaban J connectivity index is 0.962. The van der Waals surface area contributed by atoms with Crippen LogP contribution in [0.4, 0.5) is 0 Å². The zero-order valence-corrected chi connectivity index (χ0v) is 34.0. The van der Waals surface area contributed by atoms with Crippen molar-refractivity contribution in [2.75, 3.05) is 0 Å². The molecular formula is C59H35N3O. The molecule has 1 spiro atoms. The van der Waals surface area contributed by atoms with E-state index >= 15 is 0 Å². The molecule has 63 heavy (non-hydrogen) atoms. The van der Waals surface area contributed by atoms with Gasteiger partial charge in [0.1, 0.15) is 17.0 Å². The van der Waals surface area contributed by atoms with Gasteiger partial charge < -0.3 is 4.42 Å². The number of furan rings is 1. The van der Waals surface area contributed by atoms with Crippen LogP contribution in [0.3, 0.4) is 0 Å². The maximum atomic E-state index is 6.81. The molecule has 0 fully saturated rings. The molecule has 3 aromatic heterocycles. The lowest BCUT2D eigenvalue weighted by Gasteiger charge is -2.30. The highest BCUT2D eigenvalue weighted by molar-refractivity contribution is 6.12. The van der Waals surface area contributed by atoms with Gasteiger partial charge in [0.05, 0.1) is 22.1 Å². The predicted molar refractivity (Wildman–Crippen MR) is 256 cm³/mol. The largest absolute Gasteiger partial charge is 0.456 e. The molecule has 0 unspecified atom stereocenters. The lowest BCUT2D eigenvalue weighted by molar-refractivity contribution is 0.666. The van der Waals surface area contributed by atoms with Gasteiger partial charge in [0.25, 0.3) is 0 Å². The number of fused-ring (bicyclic) bond motifs is 16. The van der Waals surface area contributed by atoms with Gasteiger partial charge in [-0.1, -0.05) is 170 Å². The number of benzene rings is 9. The van der Waals surface area contributed by atoms with Crippen LogP contribution in [0.5, 0.6) is 0 Å². The second-order valence-corrected chi connectivity index (χ2v) is 16.8. The zero-order chi connectivity index (χ0) is 41.2. The van der Waals surface area contributed by atoms with Crippen LogP contribution in [0.15, 0.2) is 217 Å². The highest BCUT2D eigenvalue weighted by atomic mass is 16.3. The van der Waals surface area contributed by atoms with Gasteiger partial charge in [0.15, 0.2) is 5.82 Å². The third-order valence-corrected chi connectivity index (χ3v) is 13.6. The van der Waals surface area contributed by atoms with Gasteiger partial charge in [-0.15, -0.1) is 0 Å². The second-order valence-electron chi connectivity index (χ2n) is 16.8. The van der Waals surface area contributed by atoms with Gasteiger partial charge in [-0.2, -0.15) is 0 Å². The molecule has 4 heteroatoms. The Kier molecular flexibility index (Phi) is 7.01. The average molecular weight is 802 g/mol. The van der Waals surface area contributed by atoms with Crippen molar-refractivity contribution in [2.24, 2.45) is 0 Å². The number of hydrogen-bond donors (Lipinski definition) is 0. The van der Waals surface area contributed by atoms with Gasteiger partial charge >= 0.3 is 0 Å². The highest BCUT2D eigenvalue weighted by Gasteiger charge is 2.51. The fourth-order valence-corrected chi connectivity index (χ4v) is 11.0. The van der Waals surface area contributed by atoms with E-state index in [1.165, 1.54) is 55.3 Å². The summed E-state index contributed by atoms with van der Waals surface area (Å²) in [5.41, 5.74) is 19.1. The molecule has 292 valence electrons. The van der Waals surface area contributed by atoms with Crippen LogP contribution in [-0.4, -0.2) is 14.5 Å². The molecule has 0 bridgehead atoms. The maximum Gasteiger partial charge on any atom is 0.162 e. The number of rotatable bonds is 4. The molecule has 14 rings (SSSR count). The number of nitrogens with zero attached hydrogens (tertiary/aromatic N) is 3. The summed E-state index contributed by atoms with van der Waals surface area (Å²) in [6.45, 7) is 0. The van der Waals surface area contributed by atoms with E-state index in [0.29, 0.717) is 5.82 Å². The fraction of sp³-hybridized carbons (Fsp3) is 0.0169. The van der Waals surface area contributed by atoms with E-state index in [4.69, 9.17) is 14.4 Å². The first-order valence-electron chi connectivity index (χ1n) is 21.6. The summed E-state index contributed by atoms with van der Waals surface area (Å²) < 4.78 is 9.11. The number of para-hydroxylation sites is 1. The lowest BCUT2D eigenvalue weighted by Crippen LogP contribution is -2.25. The normalized spacial score (nSPS) is 13.2. The van der Waals surface area contributed by atoms with Gasteiger partial charge in [-0.3, -0.25) is 4.57 Å². The summed E-state index contributed by atoms with van der Waals surface area (Å²) in [5, 5.41) is 4.57. The first kappa shape index (κ1) is 34.4. The maximum absolute atomic E-state index is 6.81. The summed E-state index contributed by atoms with van der Waals surface area (Å²) in [6, 6.07) is 76.4. The molecule has 3 heterocycles. The van der Waals surface area contributed by atoms with E-state index < -0.39 is 5.41 Å². The van der Waals surface area contributed by atoms with Gasteiger partial charge in [-0.05, 0) is 92.0 Å². The monoisotopic (exact) mass is 801 g/mol. The predicted octanol–water partition coefficient (Wildman–Crippen LogP) is 14.8. The molecular weight excluding hydrogens is 767 g/mol. The van der Waals surface area contributed by atoms with E-state index in [1.54, 1.807) is 0 Å². The van der Waals surface area contributed by atoms with Crippen molar-refractivity contribution in [3.8, 4) is 61.8 Å². The Morgan fingerprint density at radius 3 is 1.65 bits per heavy atom. The van der Waals surface area contributed by atoms with Crippen molar-refractivity contribution < 1.29 is 4.42 Å². The molecule has 0 aliphatic heterocycles. The first-order chi connectivity index (χ1) is 31.2. The quantitative estimate of drug-likeness (QED) is 0.178. The zero-order valence-electron chi connectivity index (χ0n) is 34.0. The van der Waals surface area contributed by atoms with E-state index in [-0.39, 0.29) is 0 Å². The van der Waals surface area contributed by atoms with Crippen LogP contribution in [-0.2, 0) is 5.41 Å². The van der Waals surface area contributed by atoms with E-state index in [2.05, 4.69) is 193 Å². The van der Waals surface area contributed by atoms with Gasteiger partial charge in [0, 0.05) is 38.7 Å². The Morgan fingerprint density at radius 2 is 0.921 bits per heavy atom. The molecule has 9 aromatic carbocycles. The molecule has 0 saturated heterocycles. The van der Waals surface area contributed by atoms with Crippen LogP contribution >= 0.6 is 0 Å². The van der Waals surface area contributed by atoms with Crippen LogP contribution in [0, 0.1) is 0 Å². The molecule has 0 atom stereocenters.